The van der Waals surface area contributed by atoms with Crippen molar-refractivity contribution in [2.45, 2.75) is 25.4 Å². The van der Waals surface area contributed by atoms with Gasteiger partial charge in [0.15, 0.2) is 0 Å². The Balaban J connectivity index is 1.56. The maximum atomic E-state index is 13.1. The second-order valence-electron chi connectivity index (χ2n) is 7.30. The zero-order valence-electron chi connectivity index (χ0n) is 17.5. The van der Waals surface area contributed by atoms with E-state index in [0.717, 1.165) is 36.4 Å². The highest BCUT2D eigenvalue weighted by atomic mass is 19.1. The van der Waals surface area contributed by atoms with E-state index < -0.39 is 0 Å². The lowest BCUT2D eigenvalue weighted by Crippen LogP contribution is -2.25. The van der Waals surface area contributed by atoms with Gasteiger partial charge in [-0.1, -0.05) is 0 Å². The molecule has 1 fully saturated rings. The van der Waals surface area contributed by atoms with Crippen LogP contribution in [-0.4, -0.2) is 40.6 Å². The third kappa shape index (κ3) is 4.83. The third-order valence-corrected chi connectivity index (χ3v) is 5.30. The Labute approximate surface area is 180 Å². The van der Waals surface area contributed by atoms with Crippen LogP contribution in [-0.2, 0) is 6.54 Å². The minimum atomic E-state index is -0.311. The smallest absolute Gasteiger partial charge is 0.232 e. The van der Waals surface area contributed by atoms with Gasteiger partial charge in [0.1, 0.15) is 23.1 Å². The maximum Gasteiger partial charge on any atom is 0.232 e. The molecule has 162 valence electrons. The summed E-state index contributed by atoms with van der Waals surface area (Å²) >= 11 is 0. The molecule has 1 aliphatic heterocycles. The second kappa shape index (κ2) is 9.13. The summed E-state index contributed by atoms with van der Waals surface area (Å²) in [5, 5.41) is 3.05. The number of nitrogens with zero attached hydrogens (tertiary/aromatic N) is 4. The molecule has 1 aromatic heterocycles. The summed E-state index contributed by atoms with van der Waals surface area (Å²) in [4.78, 5) is 15.3. The topological polar surface area (TPSA) is 98.4 Å². The van der Waals surface area contributed by atoms with Crippen LogP contribution in [0, 0.1) is 5.82 Å². The molecule has 0 bridgehead atoms. The second-order valence-corrected chi connectivity index (χ2v) is 7.30. The van der Waals surface area contributed by atoms with Crippen LogP contribution >= 0.6 is 0 Å². The number of hydrogen-bond acceptors (Lipinski definition) is 8. The molecule has 2 aromatic carbocycles. The summed E-state index contributed by atoms with van der Waals surface area (Å²) < 4.78 is 24.1. The van der Waals surface area contributed by atoms with Crippen LogP contribution in [0.15, 0.2) is 42.5 Å². The minimum absolute atomic E-state index is 0.129. The van der Waals surface area contributed by atoms with Crippen LogP contribution in [0.4, 0.5) is 22.0 Å². The predicted octanol–water partition coefficient (Wildman–Crippen LogP) is 3.69. The Morgan fingerprint density at radius 3 is 2.65 bits per heavy atom. The van der Waals surface area contributed by atoms with Gasteiger partial charge in [-0.3, -0.25) is 4.90 Å². The highest BCUT2D eigenvalue weighted by Gasteiger charge is 2.29. The van der Waals surface area contributed by atoms with Gasteiger partial charge in [-0.15, -0.1) is 0 Å². The standard InChI is InChI=1S/C22H25FN6O2/c1-30-16-9-10-19(31-2)17(12-16)18-4-3-11-29(18)13-20-26-21(24)28-22(27-20)25-15-7-5-14(23)6-8-15/h5-10,12,18H,3-4,11,13H2,1-2H3,(H3,24,25,26,27,28). The largest absolute Gasteiger partial charge is 0.497 e. The van der Waals surface area contributed by atoms with Crippen molar-refractivity contribution in [1.29, 1.82) is 0 Å². The zero-order chi connectivity index (χ0) is 21.8. The van der Waals surface area contributed by atoms with E-state index >= 15 is 0 Å². The summed E-state index contributed by atoms with van der Waals surface area (Å²) in [7, 11) is 3.33. The molecule has 3 aromatic rings. The number of nitrogen functional groups attached to an aromatic ring is 1. The first-order valence-electron chi connectivity index (χ1n) is 10.0. The molecule has 0 saturated carbocycles. The third-order valence-electron chi connectivity index (χ3n) is 5.30. The van der Waals surface area contributed by atoms with Crippen molar-refractivity contribution in [1.82, 2.24) is 19.9 Å². The van der Waals surface area contributed by atoms with E-state index in [1.807, 2.05) is 18.2 Å². The van der Waals surface area contributed by atoms with Crippen LogP contribution < -0.4 is 20.5 Å². The number of hydrogen-bond donors (Lipinski definition) is 2. The number of nitrogens with one attached hydrogen (secondary N) is 1. The van der Waals surface area contributed by atoms with Gasteiger partial charge in [-0.05, 0) is 61.9 Å². The Bertz CT molecular complexity index is 1050. The first-order chi connectivity index (χ1) is 15.1. The molecule has 4 rings (SSSR count). The SMILES string of the molecule is COc1ccc(OC)c(C2CCCN2Cc2nc(N)nc(Nc3ccc(F)cc3)n2)c1. The molecule has 1 saturated heterocycles. The number of rotatable bonds is 7. The summed E-state index contributed by atoms with van der Waals surface area (Å²) in [5.41, 5.74) is 7.66. The Hall–Kier alpha value is -3.46. The maximum absolute atomic E-state index is 13.1. The average Bonchev–Trinajstić information content (AvgIpc) is 3.22. The molecule has 0 aliphatic carbocycles. The molecule has 0 radical (unpaired) electrons. The van der Waals surface area contributed by atoms with Gasteiger partial charge in [0, 0.05) is 17.3 Å². The summed E-state index contributed by atoms with van der Waals surface area (Å²) in [6.45, 7) is 1.41. The number of nitrogens with two attached hydrogens (primary N) is 1. The van der Waals surface area contributed by atoms with Gasteiger partial charge >= 0.3 is 0 Å². The van der Waals surface area contributed by atoms with Gasteiger partial charge in [0.2, 0.25) is 11.9 Å². The van der Waals surface area contributed by atoms with E-state index in [1.165, 1.54) is 12.1 Å². The highest BCUT2D eigenvalue weighted by Crippen LogP contribution is 2.39. The number of likely N-dealkylation sites (tertiary alicyclic amines) is 1. The van der Waals surface area contributed by atoms with Crippen LogP contribution in [0.3, 0.4) is 0 Å². The summed E-state index contributed by atoms with van der Waals surface area (Å²) in [6.07, 6.45) is 2.04. The van der Waals surface area contributed by atoms with Crippen molar-refractivity contribution < 1.29 is 13.9 Å². The van der Waals surface area contributed by atoms with Gasteiger partial charge in [0.05, 0.1) is 20.8 Å². The normalized spacial score (nSPS) is 16.3. The van der Waals surface area contributed by atoms with Crippen molar-refractivity contribution in [3.05, 3.63) is 59.7 Å². The molecule has 1 aliphatic rings. The molecule has 8 nitrogen and oxygen atoms in total. The molecular weight excluding hydrogens is 399 g/mol. The molecule has 0 amide bonds. The average molecular weight is 424 g/mol. The monoisotopic (exact) mass is 424 g/mol. The van der Waals surface area contributed by atoms with Crippen molar-refractivity contribution in [3.8, 4) is 11.5 Å². The molecule has 1 unspecified atom stereocenters. The first kappa shape index (κ1) is 20.8. The predicted molar refractivity (Wildman–Crippen MR) is 116 cm³/mol. The molecule has 9 heteroatoms. The molecule has 0 spiro atoms. The lowest BCUT2D eigenvalue weighted by molar-refractivity contribution is 0.236. The van der Waals surface area contributed by atoms with Gasteiger partial charge in [0.25, 0.3) is 0 Å². The fourth-order valence-corrected chi connectivity index (χ4v) is 3.88. The van der Waals surface area contributed by atoms with Gasteiger partial charge in [-0.2, -0.15) is 15.0 Å². The van der Waals surface area contributed by atoms with Gasteiger partial charge in [-0.25, -0.2) is 4.39 Å². The van der Waals surface area contributed by atoms with Crippen LogP contribution in [0.2, 0.25) is 0 Å². The number of halogens is 1. The van der Waals surface area contributed by atoms with Crippen LogP contribution in [0.5, 0.6) is 11.5 Å². The summed E-state index contributed by atoms with van der Waals surface area (Å²) in [5.74, 6) is 2.32. The zero-order valence-corrected chi connectivity index (χ0v) is 17.5. The fourth-order valence-electron chi connectivity index (χ4n) is 3.88. The molecular formula is C22H25FN6O2. The number of ether oxygens (including phenoxy) is 2. The van der Waals surface area contributed by atoms with Crippen LogP contribution in [0.25, 0.3) is 0 Å². The molecule has 2 heterocycles. The lowest BCUT2D eigenvalue weighted by atomic mass is 10.0. The van der Waals surface area contributed by atoms with Crippen LogP contribution in [0.1, 0.15) is 30.3 Å². The van der Waals surface area contributed by atoms with E-state index in [4.69, 9.17) is 15.2 Å². The van der Waals surface area contributed by atoms with Crippen molar-refractivity contribution >= 4 is 17.6 Å². The first-order valence-corrected chi connectivity index (χ1v) is 10.0. The highest BCUT2D eigenvalue weighted by molar-refractivity contribution is 5.53. The fraction of sp³-hybridized carbons (Fsp3) is 0.318. The van der Waals surface area contributed by atoms with Gasteiger partial charge < -0.3 is 20.5 Å². The van der Waals surface area contributed by atoms with Crippen molar-refractivity contribution in [2.24, 2.45) is 0 Å². The van der Waals surface area contributed by atoms with E-state index in [1.54, 1.807) is 26.4 Å². The Morgan fingerprint density at radius 2 is 1.90 bits per heavy atom. The summed E-state index contributed by atoms with van der Waals surface area (Å²) in [6, 6.07) is 11.9. The molecule has 1 atom stereocenters. The van der Waals surface area contributed by atoms with E-state index in [2.05, 4.69) is 25.2 Å². The van der Waals surface area contributed by atoms with Crippen molar-refractivity contribution in [3.63, 3.8) is 0 Å². The molecule has 3 N–H and O–H groups in total. The van der Waals surface area contributed by atoms with E-state index in [-0.39, 0.29) is 17.8 Å². The number of aromatic nitrogens is 3. The number of benzene rings is 2. The molecule has 31 heavy (non-hydrogen) atoms. The lowest BCUT2D eigenvalue weighted by Gasteiger charge is -2.26. The quantitative estimate of drug-likeness (QED) is 0.593. The number of anilines is 3. The Kier molecular flexibility index (Phi) is 6.13. The van der Waals surface area contributed by atoms with E-state index in [0.29, 0.717) is 24.0 Å². The number of methoxy groups -OCH3 is 2. The van der Waals surface area contributed by atoms with Crippen molar-refractivity contribution in [2.75, 3.05) is 31.8 Å². The minimum Gasteiger partial charge on any atom is -0.497 e. The van der Waals surface area contributed by atoms with E-state index in [9.17, 15) is 4.39 Å². The Morgan fingerprint density at radius 1 is 1.10 bits per heavy atom.